The van der Waals surface area contributed by atoms with Crippen molar-refractivity contribution in [2.45, 2.75) is 0 Å². The van der Waals surface area contributed by atoms with Crippen LogP contribution < -0.4 is 0 Å². The second-order valence-corrected chi connectivity index (χ2v) is 4.97. The third-order valence-corrected chi connectivity index (χ3v) is 3.52. The minimum Gasteiger partial charge on any atom is -0.478 e. The lowest BCUT2D eigenvalue weighted by Gasteiger charge is -2.02. The summed E-state index contributed by atoms with van der Waals surface area (Å²) in [7, 11) is 0. The molecule has 5 nitrogen and oxygen atoms in total. The van der Waals surface area contributed by atoms with E-state index in [1.165, 1.54) is 29.8 Å². The number of carboxylic acid groups (broad SMARTS) is 1. The van der Waals surface area contributed by atoms with E-state index in [4.69, 9.17) is 0 Å². The van der Waals surface area contributed by atoms with Crippen LogP contribution in [0.1, 0.15) is 10.4 Å². The zero-order chi connectivity index (χ0) is 15.0. The molecule has 0 amide bonds. The van der Waals surface area contributed by atoms with Crippen LogP contribution in [0.25, 0.3) is 16.4 Å². The van der Waals surface area contributed by atoms with E-state index in [1.54, 1.807) is 5.38 Å². The summed E-state index contributed by atoms with van der Waals surface area (Å²) in [5.41, 5.74) is -0.00314. The summed E-state index contributed by atoms with van der Waals surface area (Å²) >= 11 is 1.22. The highest BCUT2D eigenvalue weighted by molar-refractivity contribution is 7.13. The van der Waals surface area contributed by atoms with Crippen LogP contribution in [-0.2, 0) is 0 Å². The first-order valence-electron chi connectivity index (χ1n) is 5.74. The van der Waals surface area contributed by atoms with Gasteiger partial charge in [0.2, 0.25) is 0 Å². The largest absolute Gasteiger partial charge is 0.478 e. The van der Waals surface area contributed by atoms with Gasteiger partial charge in [0.25, 0.3) is 0 Å². The molecule has 2 heterocycles. The van der Waals surface area contributed by atoms with E-state index >= 15 is 0 Å². The van der Waals surface area contributed by atoms with E-state index < -0.39 is 17.6 Å². The third kappa shape index (κ3) is 2.40. The first-order chi connectivity index (χ1) is 10.1. The molecule has 0 radical (unpaired) electrons. The zero-order valence-electron chi connectivity index (χ0n) is 10.3. The van der Waals surface area contributed by atoms with Crippen LogP contribution in [0.3, 0.4) is 0 Å². The van der Waals surface area contributed by atoms with Crippen LogP contribution in [0.5, 0.6) is 0 Å². The molecule has 1 aromatic carbocycles. The number of benzene rings is 1. The molecule has 8 heteroatoms. The highest BCUT2D eigenvalue weighted by Gasteiger charge is 2.20. The number of hydrogen-bond acceptors (Lipinski definition) is 4. The number of hydrogen-bond donors (Lipinski definition) is 1. The Morgan fingerprint density at radius 1 is 1.33 bits per heavy atom. The fourth-order valence-corrected chi connectivity index (χ4v) is 2.45. The van der Waals surface area contributed by atoms with Crippen LogP contribution in [0.4, 0.5) is 8.78 Å². The lowest BCUT2D eigenvalue weighted by atomic mass is 10.2. The third-order valence-electron chi connectivity index (χ3n) is 2.74. The molecule has 106 valence electrons. The van der Waals surface area contributed by atoms with E-state index in [9.17, 15) is 18.7 Å². The Kier molecular flexibility index (Phi) is 3.22. The van der Waals surface area contributed by atoms with Gasteiger partial charge >= 0.3 is 5.97 Å². The second-order valence-electron chi connectivity index (χ2n) is 4.07. The predicted molar refractivity (Wildman–Crippen MR) is 71.5 cm³/mol. The number of carbonyl (C=O) groups is 1. The van der Waals surface area contributed by atoms with Gasteiger partial charge in [0, 0.05) is 23.8 Å². The number of thiazole rings is 1. The molecule has 0 atom stereocenters. The van der Waals surface area contributed by atoms with Crippen molar-refractivity contribution in [1.29, 1.82) is 0 Å². The van der Waals surface area contributed by atoms with Crippen molar-refractivity contribution in [3.8, 4) is 16.4 Å². The van der Waals surface area contributed by atoms with Gasteiger partial charge in [-0.15, -0.1) is 11.3 Å². The number of carboxylic acids is 1. The summed E-state index contributed by atoms with van der Waals surface area (Å²) in [6, 6.07) is 2.97. The lowest BCUT2D eigenvalue weighted by molar-refractivity contribution is 0.0697. The summed E-state index contributed by atoms with van der Waals surface area (Å²) in [6.45, 7) is 0. The molecular weight excluding hydrogens is 300 g/mol. The summed E-state index contributed by atoms with van der Waals surface area (Å²) in [5.74, 6) is -2.75. The van der Waals surface area contributed by atoms with Crippen molar-refractivity contribution in [3.63, 3.8) is 0 Å². The van der Waals surface area contributed by atoms with E-state index in [1.807, 2.05) is 0 Å². The maximum absolute atomic E-state index is 13.8. The SMILES string of the molecule is O=C(O)c1cn(-c2ccc(F)cc2F)nc1-c1nccs1. The van der Waals surface area contributed by atoms with E-state index in [0.717, 1.165) is 10.7 Å². The van der Waals surface area contributed by atoms with Gasteiger partial charge in [0.15, 0.2) is 5.82 Å². The molecule has 0 spiro atoms. The van der Waals surface area contributed by atoms with Crippen molar-refractivity contribution in [2.24, 2.45) is 0 Å². The molecule has 0 aliphatic rings. The van der Waals surface area contributed by atoms with Gasteiger partial charge in [-0.1, -0.05) is 0 Å². The van der Waals surface area contributed by atoms with Crippen molar-refractivity contribution in [2.75, 3.05) is 0 Å². The number of aromatic nitrogens is 3. The van der Waals surface area contributed by atoms with Crippen LogP contribution >= 0.6 is 11.3 Å². The van der Waals surface area contributed by atoms with Gasteiger partial charge in [-0.25, -0.2) is 23.2 Å². The van der Waals surface area contributed by atoms with Gasteiger partial charge in [0.1, 0.15) is 27.8 Å². The fourth-order valence-electron chi connectivity index (χ4n) is 1.82. The lowest BCUT2D eigenvalue weighted by Crippen LogP contribution is -1.99. The molecule has 0 saturated heterocycles. The Hall–Kier alpha value is -2.61. The van der Waals surface area contributed by atoms with Gasteiger partial charge in [-0.3, -0.25) is 0 Å². The van der Waals surface area contributed by atoms with Crippen molar-refractivity contribution >= 4 is 17.3 Å². The standard InChI is InChI=1S/C13H7F2N3O2S/c14-7-1-2-10(9(15)5-7)18-6-8(13(19)20)11(17-18)12-16-3-4-21-12/h1-6H,(H,19,20). The van der Waals surface area contributed by atoms with Gasteiger partial charge in [-0.2, -0.15) is 5.10 Å². The summed E-state index contributed by atoms with van der Waals surface area (Å²) in [6.07, 6.45) is 2.69. The second kappa shape index (κ2) is 5.06. The summed E-state index contributed by atoms with van der Waals surface area (Å²) < 4.78 is 27.8. The van der Waals surface area contributed by atoms with Crippen molar-refractivity contribution in [3.05, 3.63) is 53.2 Å². The molecule has 0 unspecified atom stereocenters. The van der Waals surface area contributed by atoms with E-state index in [-0.39, 0.29) is 16.9 Å². The Morgan fingerprint density at radius 3 is 2.76 bits per heavy atom. The Labute approximate surface area is 121 Å². The highest BCUT2D eigenvalue weighted by Crippen LogP contribution is 2.26. The van der Waals surface area contributed by atoms with Crippen molar-refractivity contribution in [1.82, 2.24) is 14.8 Å². The van der Waals surface area contributed by atoms with E-state index in [0.29, 0.717) is 11.1 Å². The number of halogens is 2. The molecule has 0 fully saturated rings. The smallest absolute Gasteiger partial charge is 0.339 e. The van der Waals surface area contributed by atoms with Gasteiger partial charge < -0.3 is 5.11 Å². The molecule has 0 saturated carbocycles. The fraction of sp³-hybridized carbons (Fsp3) is 0. The average Bonchev–Trinajstić information content (AvgIpc) is 3.07. The normalized spacial score (nSPS) is 10.8. The molecule has 2 aromatic heterocycles. The van der Waals surface area contributed by atoms with Gasteiger partial charge in [-0.05, 0) is 12.1 Å². The van der Waals surface area contributed by atoms with Crippen LogP contribution in [0.2, 0.25) is 0 Å². The first kappa shape index (κ1) is 13.4. The summed E-state index contributed by atoms with van der Waals surface area (Å²) in [4.78, 5) is 15.3. The Bertz CT molecular complexity index is 815. The summed E-state index contributed by atoms with van der Waals surface area (Å²) in [5, 5.41) is 15.4. The number of nitrogens with zero attached hydrogens (tertiary/aromatic N) is 3. The predicted octanol–water partition coefficient (Wildman–Crippen LogP) is 2.97. The number of aromatic carboxylic acids is 1. The highest BCUT2D eigenvalue weighted by atomic mass is 32.1. The maximum Gasteiger partial charge on any atom is 0.339 e. The Morgan fingerprint density at radius 2 is 2.14 bits per heavy atom. The minimum atomic E-state index is -1.20. The minimum absolute atomic E-state index is 0.0401. The molecule has 0 aliphatic heterocycles. The average molecular weight is 307 g/mol. The van der Waals surface area contributed by atoms with E-state index in [2.05, 4.69) is 10.1 Å². The van der Waals surface area contributed by atoms with Crippen molar-refractivity contribution < 1.29 is 18.7 Å². The van der Waals surface area contributed by atoms with Crippen LogP contribution in [0, 0.1) is 11.6 Å². The molecule has 0 bridgehead atoms. The zero-order valence-corrected chi connectivity index (χ0v) is 11.1. The quantitative estimate of drug-likeness (QED) is 0.807. The molecule has 3 aromatic rings. The molecule has 1 N–H and O–H groups in total. The topological polar surface area (TPSA) is 68.0 Å². The first-order valence-corrected chi connectivity index (χ1v) is 6.62. The number of rotatable bonds is 3. The van der Waals surface area contributed by atoms with Crippen LogP contribution in [0.15, 0.2) is 36.0 Å². The Balaban J connectivity index is 2.17. The maximum atomic E-state index is 13.8. The monoisotopic (exact) mass is 307 g/mol. The molecule has 3 rings (SSSR count). The van der Waals surface area contributed by atoms with Gasteiger partial charge in [0.05, 0.1) is 0 Å². The molecule has 21 heavy (non-hydrogen) atoms. The molecular formula is C13H7F2N3O2S. The molecule has 0 aliphatic carbocycles. The van der Waals surface area contributed by atoms with Crippen LogP contribution in [-0.4, -0.2) is 25.8 Å².